The first-order chi connectivity index (χ1) is 10.3. The number of rotatable bonds is 4. The molecule has 0 aliphatic heterocycles. The van der Waals surface area contributed by atoms with Crippen LogP contribution in [0.25, 0.3) is 22.6 Å². The lowest BCUT2D eigenvalue weighted by Crippen LogP contribution is -1.95. The molecule has 0 fully saturated rings. The van der Waals surface area contributed by atoms with Gasteiger partial charge in [-0.2, -0.15) is 4.98 Å². The second-order valence-electron chi connectivity index (χ2n) is 4.30. The van der Waals surface area contributed by atoms with Gasteiger partial charge in [-0.3, -0.25) is 4.98 Å². The van der Waals surface area contributed by atoms with Crippen molar-refractivity contribution in [3.63, 3.8) is 0 Å². The Balaban J connectivity index is 2.00. The van der Waals surface area contributed by atoms with Crippen molar-refractivity contribution in [2.75, 3.05) is 14.2 Å². The van der Waals surface area contributed by atoms with E-state index in [-0.39, 0.29) is 0 Å². The molecule has 0 unspecified atom stereocenters. The lowest BCUT2D eigenvalue weighted by Gasteiger charge is -2.06. The smallest absolute Gasteiger partial charge is 0.227 e. The third-order valence-corrected chi connectivity index (χ3v) is 3.04. The summed E-state index contributed by atoms with van der Waals surface area (Å²) in [6.45, 7) is 0. The first-order valence-electron chi connectivity index (χ1n) is 6.36. The maximum absolute atomic E-state index is 5.29. The van der Waals surface area contributed by atoms with E-state index in [1.54, 1.807) is 38.9 Å². The number of imidazole rings is 1. The minimum atomic E-state index is 0.460. The van der Waals surface area contributed by atoms with Gasteiger partial charge in [-0.1, -0.05) is 0 Å². The van der Waals surface area contributed by atoms with Gasteiger partial charge >= 0.3 is 0 Å². The summed E-state index contributed by atoms with van der Waals surface area (Å²) in [5.41, 5.74) is 2.63. The second kappa shape index (κ2) is 5.62. The molecule has 0 aliphatic carbocycles. The van der Waals surface area contributed by atoms with Crippen LogP contribution in [0.5, 0.6) is 11.8 Å². The maximum atomic E-state index is 5.29. The highest BCUT2D eigenvalue weighted by atomic mass is 16.5. The Morgan fingerprint density at radius 3 is 2.67 bits per heavy atom. The molecule has 0 amide bonds. The third kappa shape index (κ3) is 2.55. The van der Waals surface area contributed by atoms with Crippen molar-refractivity contribution in [3.05, 3.63) is 42.9 Å². The predicted octanol–water partition coefficient (Wildman–Crippen LogP) is 2.55. The van der Waals surface area contributed by atoms with E-state index < -0.39 is 0 Å². The summed E-state index contributed by atoms with van der Waals surface area (Å²) in [6.07, 6.45) is 5.27. The molecule has 21 heavy (non-hydrogen) atoms. The van der Waals surface area contributed by atoms with E-state index in [9.17, 15) is 0 Å². The summed E-state index contributed by atoms with van der Waals surface area (Å²) in [6, 6.07) is 7.47. The Kier molecular flexibility index (Phi) is 3.51. The zero-order valence-electron chi connectivity index (χ0n) is 11.7. The van der Waals surface area contributed by atoms with E-state index in [4.69, 9.17) is 9.47 Å². The summed E-state index contributed by atoms with van der Waals surface area (Å²) in [7, 11) is 3.13. The van der Waals surface area contributed by atoms with Crippen LogP contribution in [-0.4, -0.2) is 34.2 Å². The van der Waals surface area contributed by atoms with Crippen molar-refractivity contribution in [1.82, 2.24) is 19.9 Å². The van der Waals surface area contributed by atoms with Crippen molar-refractivity contribution in [2.24, 2.45) is 0 Å². The maximum Gasteiger partial charge on any atom is 0.227 e. The van der Waals surface area contributed by atoms with Crippen LogP contribution in [0.4, 0.5) is 0 Å². The fraction of sp³-hybridized carbons (Fsp3) is 0.133. The Hall–Kier alpha value is -2.89. The van der Waals surface area contributed by atoms with Gasteiger partial charge in [-0.25, -0.2) is 4.98 Å². The monoisotopic (exact) mass is 282 g/mol. The molecule has 0 aromatic carbocycles. The molecule has 0 atom stereocenters. The van der Waals surface area contributed by atoms with Gasteiger partial charge in [0, 0.05) is 24.0 Å². The third-order valence-electron chi connectivity index (χ3n) is 3.04. The molecule has 0 saturated carbocycles. The van der Waals surface area contributed by atoms with E-state index in [0.717, 1.165) is 16.8 Å². The number of hydrogen-bond donors (Lipinski definition) is 1. The average Bonchev–Trinajstić information content (AvgIpc) is 3.04. The molecule has 0 radical (unpaired) electrons. The van der Waals surface area contributed by atoms with Gasteiger partial charge in [0.05, 0.1) is 31.7 Å². The van der Waals surface area contributed by atoms with Gasteiger partial charge < -0.3 is 14.5 Å². The summed E-state index contributed by atoms with van der Waals surface area (Å²) >= 11 is 0. The Morgan fingerprint density at radius 1 is 1.05 bits per heavy atom. The van der Waals surface area contributed by atoms with E-state index in [2.05, 4.69) is 19.9 Å². The van der Waals surface area contributed by atoms with E-state index >= 15 is 0 Å². The number of hydrogen-bond acceptors (Lipinski definition) is 5. The van der Waals surface area contributed by atoms with E-state index in [1.165, 1.54) is 0 Å². The van der Waals surface area contributed by atoms with Crippen LogP contribution < -0.4 is 9.47 Å². The molecule has 3 rings (SSSR count). The lowest BCUT2D eigenvalue weighted by atomic mass is 10.2. The highest BCUT2D eigenvalue weighted by Crippen LogP contribution is 2.29. The minimum absolute atomic E-state index is 0.460. The van der Waals surface area contributed by atoms with Crippen molar-refractivity contribution < 1.29 is 9.47 Å². The van der Waals surface area contributed by atoms with Gasteiger partial charge in [0.2, 0.25) is 11.8 Å². The number of aromatic nitrogens is 4. The number of nitrogens with zero attached hydrogens (tertiary/aromatic N) is 3. The van der Waals surface area contributed by atoms with Crippen molar-refractivity contribution in [2.45, 2.75) is 0 Å². The molecular formula is C15H14N4O2. The van der Waals surface area contributed by atoms with Crippen LogP contribution in [-0.2, 0) is 0 Å². The number of pyridine rings is 2. The summed E-state index contributed by atoms with van der Waals surface area (Å²) in [5.74, 6) is 1.64. The number of nitrogens with one attached hydrogen (secondary N) is 1. The van der Waals surface area contributed by atoms with Crippen LogP contribution in [0.1, 0.15) is 0 Å². The standard InChI is InChI=1S/C15H14N4O2/c1-20-13-6-5-11(15(19-13)21-2)14-17-9-12(18-14)10-4-3-7-16-8-10/h3-9H,1-2H3,(H,17,18). The Labute approximate surface area is 121 Å². The van der Waals surface area contributed by atoms with Gasteiger partial charge in [-0.05, 0) is 18.2 Å². The molecule has 0 saturated heterocycles. The summed E-state index contributed by atoms with van der Waals surface area (Å²) in [5, 5.41) is 0. The van der Waals surface area contributed by atoms with E-state index in [1.807, 2.05) is 18.2 Å². The predicted molar refractivity (Wildman–Crippen MR) is 78.2 cm³/mol. The lowest BCUT2D eigenvalue weighted by molar-refractivity contribution is 0.365. The minimum Gasteiger partial charge on any atom is -0.481 e. The molecule has 1 N–H and O–H groups in total. The van der Waals surface area contributed by atoms with Gasteiger partial charge in [0.15, 0.2) is 0 Å². The Morgan fingerprint density at radius 2 is 1.95 bits per heavy atom. The SMILES string of the molecule is COc1ccc(-c2ncc(-c3cccnc3)[nH]2)c(OC)n1. The normalized spacial score (nSPS) is 10.4. The average molecular weight is 282 g/mol. The topological polar surface area (TPSA) is 72.9 Å². The fourth-order valence-electron chi connectivity index (χ4n) is 2.00. The molecule has 106 valence electrons. The molecular weight excluding hydrogens is 268 g/mol. The first kappa shape index (κ1) is 13.1. The summed E-state index contributed by atoms with van der Waals surface area (Å²) in [4.78, 5) is 16.0. The van der Waals surface area contributed by atoms with Crippen LogP contribution in [0.3, 0.4) is 0 Å². The highest BCUT2D eigenvalue weighted by molar-refractivity contribution is 5.67. The van der Waals surface area contributed by atoms with Crippen molar-refractivity contribution >= 4 is 0 Å². The largest absolute Gasteiger partial charge is 0.481 e. The zero-order chi connectivity index (χ0) is 14.7. The fourth-order valence-corrected chi connectivity index (χ4v) is 2.00. The molecule has 0 bridgehead atoms. The second-order valence-corrected chi connectivity index (χ2v) is 4.30. The molecule has 3 aromatic rings. The number of H-pyrrole nitrogens is 1. The van der Waals surface area contributed by atoms with E-state index in [0.29, 0.717) is 17.6 Å². The molecule has 3 aromatic heterocycles. The van der Waals surface area contributed by atoms with Crippen LogP contribution >= 0.6 is 0 Å². The van der Waals surface area contributed by atoms with Crippen molar-refractivity contribution in [1.29, 1.82) is 0 Å². The van der Waals surface area contributed by atoms with Crippen LogP contribution in [0.15, 0.2) is 42.9 Å². The quantitative estimate of drug-likeness (QED) is 0.796. The van der Waals surface area contributed by atoms with Crippen molar-refractivity contribution in [3.8, 4) is 34.4 Å². The number of ether oxygens (including phenoxy) is 2. The van der Waals surface area contributed by atoms with Gasteiger partial charge in [0.25, 0.3) is 0 Å². The van der Waals surface area contributed by atoms with Crippen LogP contribution in [0.2, 0.25) is 0 Å². The zero-order valence-corrected chi connectivity index (χ0v) is 11.7. The molecule has 0 aliphatic rings. The summed E-state index contributed by atoms with van der Waals surface area (Å²) < 4.78 is 10.4. The Bertz CT molecular complexity index is 740. The van der Waals surface area contributed by atoms with Gasteiger partial charge in [0.1, 0.15) is 5.82 Å². The molecule has 3 heterocycles. The first-order valence-corrected chi connectivity index (χ1v) is 6.36. The van der Waals surface area contributed by atoms with Gasteiger partial charge in [-0.15, -0.1) is 0 Å². The number of methoxy groups -OCH3 is 2. The highest BCUT2D eigenvalue weighted by Gasteiger charge is 2.13. The molecule has 0 spiro atoms. The van der Waals surface area contributed by atoms with Crippen LogP contribution in [0, 0.1) is 0 Å². The number of aromatic amines is 1. The molecule has 6 heteroatoms. The molecule has 6 nitrogen and oxygen atoms in total.